The lowest BCUT2D eigenvalue weighted by molar-refractivity contribution is 0.102. The summed E-state index contributed by atoms with van der Waals surface area (Å²) in [5, 5.41) is 10.7. The van der Waals surface area contributed by atoms with E-state index in [2.05, 4.69) is 35.4 Å². The Labute approximate surface area is 123 Å². The average molecular weight is 279 g/mol. The molecule has 106 valence electrons. The molecule has 0 saturated heterocycles. The van der Waals surface area contributed by atoms with Crippen LogP contribution in [0.3, 0.4) is 0 Å². The van der Waals surface area contributed by atoms with Gasteiger partial charge in [0, 0.05) is 11.1 Å². The molecule has 3 aromatic rings. The van der Waals surface area contributed by atoms with Gasteiger partial charge in [0.1, 0.15) is 0 Å². The van der Waals surface area contributed by atoms with Gasteiger partial charge in [-0.1, -0.05) is 38.1 Å². The van der Waals surface area contributed by atoms with E-state index in [1.165, 1.54) is 5.56 Å². The number of fused-ring (bicyclic) bond motifs is 1. The minimum absolute atomic E-state index is 0.134. The molecule has 4 nitrogen and oxygen atoms in total. The highest BCUT2D eigenvalue weighted by molar-refractivity contribution is 6.11. The molecule has 0 saturated carbocycles. The number of H-pyrrole nitrogens is 1. The Bertz CT molecular complexity index is 789. The van der Waals surface area contributed by atoms with E-state index in [-0.39, 0.29) is 5.91 Å². The summed E-state index contributed by atoms with van der Waals surface area (Å²) >= 11 is 0. The number of benzene rings is 2. The number of hydrogen-bond acceptors (Lipinski definition) is 2. The summed E-state index contributed by atoms with van der Waals surface area (Å²) in [5.41, 5.74) is 3.37. The van der Waals surface area contributed by atoms with Crippen molar-refractivity contribution in [2.75, 3.05) is 5.32 Å². The first-order chi connectivity index (χ1) is 10.1. The standard InChI is InChI=1S/C17H17N3O/c1-11(2)12-5-3-7-14(9-12)19-17(21)15-8-4-6-13-10-18-20-16(13)15/h3-11H,1-2H3,(H,18,20)(H,19,21). The maximum atomic E-state index is 12.4. The Balaban J connectivity index is 1.90. The molecule has 0 aliphatic carbocycles. The average Bonchev–Trinajstić information content (AvgIpc) is 2.95. The van der Waals surface area contributed by atoms with Crippen LogP contribution in [-0.2, 0) is 0 Å². The molecule has 1 aromatic heterocycles. The number of carbonyl (C=O) groups is 1. The molecule has 0 aliphatic rings. The SMILES string of the molecule is CC(C)c1cccc(NC(=O)c2cccc3cn[nH]c23)c1. The molecule has 2 aromatic carbocycles. The first kappa shape index (κ1) is 13.4. The number of carbonyl (C=O) groups excluding carboxylic acids is 1. The molecule has 1 amide bonds. The van der Waals surface area contributed by atoms with Gasteiger partial charge < -0.3 is 5.32 Å². The van der Waals surface area contributed by atoms with Gasteiger partial charge in [0.25, 0.3) is 5.91 Å². The lowest BCUT2D eigenvalue weighted by Crippen LogP contribution is -2.12. The Morgan fingerprint density at radius 3 is 2.81 bits per heavy atom. The Morgan fingerprint density at radius 1 is 1.19 bits per heavy atom. The van der Waals surface area contributed by atoms with Gasteiger partial charge in [0.15, 0.2) is 0 Å². The van der Waals surface area contributed by atoms with E-state index in [9.17, 15) is 4.79 Å². The van der Waals surface area contributed by atoms with Crippen LogP contribution in [-0.4, -0.2) is 16.1 Å². The molecular formula is C17H17N3O. The topological polar surface area (TPSA) is 57.8 Å². The van der Waals surface area contributed by atoms with Crippen molar-refractivity contribution in [2.24, 2.45) is 0 Å². The summed E-state index contributed by atoms with van der Waals surface area (Å²) in [6.07, 6.45) is 1.71. The molecule has 0 bridgehead atoms. The number of aromatic nitrogens is 2. The van der Waals surface area contributed by atoms with Crippen LogP contribution >= 0.6 is 0 Å². The zero-order valence-corrected chi connectivity index (χ0v) is 12.1. The maximum absolute atomic E-state index is 12.4. The zero-order valence-electron chi connectivity index (χ0n) is 12.1. The van der Waals surface area contributed by atoms with E-state index in [1.807, 2.05) is 30.3 Å². The van der Waals surface area contributed by atoms with Crippen LogP contribution in [0.25, 0.3) is 10.9 Å². The number of nitrogens with zero attached hydrogens (tertiary/aromatic N) is 1. The summed E-state index contributed by atoms with van der Waals surface area (Å²) in [6.45, 7) is 4.26. The van der Waals surface area contributed by atoms with Crippen molar-refractivity contribution in [2.45, 2.75) is 19.8 Å². The summed E-state index contributed by atoms with van der Waals surface area (Å²) in [5.74, 6) is 0.295. The van der Waals surface area contributed by atoms with E-state index >= 15 is 0 Å². The maximum Gasteiger partial charge on any atom is 0.257 e. The Kier molecular flexibility index (Phi) is 3.44. The summed E-state index contributed by atoms with van der Waals surface area (Å²) in [4.78, 5) is 12.4. The molecule has 0 spiro atoms. The van der Waals surface area contributed by atoms with Crippen molar-refractivity contribution in [3.63, 3.8) is 0 Å². The van der Waals surface area contributed by atoms with Crippen LogP contribution < -0.4 is 5.32 Å². The fraction of sp³-hybridized carbons (Fsp3) is 0.176. The molecule has 0 atom stereocenters. The molecule has 0 aliphatic heterocycles. The van der Waals surface area contributed by atoms with E-state index < -0.39 is 0 Å². The van der Waals surface area contributed by atoms with Crippen LogP contribution in [0.4, 0.5) is 5.69 Å². The highest BCUT2D eigenvalue weighted by atomic mass is 16.1. The van der Waals surface area contributed by atoms with Gasteiger partial charge in [-0.15, -0.1) is 0 Å². The number of rotatable bonds is 3. The smallest absolute Gasteiger partial charge is 0.257 e. The molecule has 1 heterocycles. The van der Waals surface area contributed by atoms with E-state index in [0.29, 0.717) is 11.5 Å². The number of anilines is 1. The lowest BCUT2D eigenvalue weighted by Gasteiger charge is -2.10. The monoisotopic (exact) mass is 279 g/mol. The largest absolute Gasteiger partial charge is 0.322 e. The molecule has 0 unspecified atom stereocenters. The fourth-order valence-corrected chi connectivity index (χ4v) is 2.33. The van der Waals surface area contributed by atoms with Crippen molar-refractivity contribution in [3.8, 4) is 0 Å². The van der Waals surface area contributed by atoms with Gasteiger partial charge in [0.2, 0.25) is 0 Å². The molecular weight excluding hydrogens is 262 g/mol. The summed E-state index contributed by atoms with van der Waals surface area (Å²) in [7, 11) is 0. The minimum atomic E-state index is -0.134. The van der Waals surface area contributed by atoms with Gasteiger partial charge in [-0.2, -0.15) is 5.10 Å². The quantitative estimate of drug-likeness (QED) is 0.763. The number of hydrogen-bond donors (Lipinski definition) is 2. The zero-order chi connectivity index (χ0) is 14.8. The highest BCUT2D eigenvalue weighted by Crippen LogP contribution is 2.21. The molecule has 0 fully saturated rings. The van der Waals surface area contributed by atoms with Crippen molar-refractivity contribution >= 4 is 22.5 Å². The van der Waals surface area contributed by atoms with Crippen LogP contribution in [0.1, 0.15) is 35.7 Å². The van der Waals surface area contributed by atoms with Crippen molar-refractivity contribution < 1.29 is 4.79 Å². The van der Waals surface area contributed by atoms with Gasteiger partial charge >= 0.3 is 0 Å². The Hall–Kier alpha value is -2.62. The lowest BCUT2D eigenvalue weighted by atomic mass is 10.0. The van der Waals surface area contributed by atoms with Crippen LogP contribution in [0.5, 0.6) is 0 Å². The summed E-state index contributed by atoms with van der Waals surface area (Å²) < 4.78 is 0. The second-order valence-corrected chi connectivity index (χ2v) is 5.37. The van der Waals surface area contributed by atoms with Crippen LogP contribution in [0, 0.1) is 0 Å². The van der Waals surface area contributed by atoms with Crippen LogP contribution in [0.2, 0.25) is 0 Å². The third kappa shape index (κ3) is 2.65. The predicted octanol–water partition coefficient (Wildman–Crippen LogP) is 3.94. The van der Waals surface area contributed by atoms with Gasteiger partial charge in [-0.3, -0.25) is 9.89 Å². The van der Waals surface area contributed by atoms with Gasteiger partial charge in [0.05, 0.1) is 17.3 Å². The normalized spacial score (nSPS) is 11.0. The second kappa shape index (κ2) is 5.40. The second-order valence-electron chi connectivity index (χ2n) is 5.37. The number of nitrogens with one attached hydrogen (secondary N) is 2. The van der Waals surface area contributed by atoms with E-state index in [1.54, 1.807) is 12.3 Å². The fourth-order valence-electron chi connectivity index (χ4n) is 2.33. The van der Waals surface area contributed by atoms with Crippen LogP contribution in [0.15, 0.2) is 48.7 Å². The first-order valence-electron chi connectivity index (χ1n) is 6.98. The third-order valence-electron chi connectivity index (χ3n) is 3.53. The number of amides is 1. The first-order valence-corrected chi connectivity index (χ1v) is 6.98. The third-order valence-corrected chi connectivity index (χ3v) is 3.53. The molecule has 4 heteroatoms. The minimum Gasteiger partial charge on any atom is -0.322 e. The predicted molar refractivity (Wildman–Crippen MR) is 84.6 cm³/mol. The van der Waals surface area contributed by atoms with Crippen molar-refractivity contribution in [3.05, 3.63) is 59.8 Å². The van der Waals surface area contributed by atoms with E-state index in [0.717, 1.165) is 16.6 Å². The highest BCUT2D eigenvalue weighted by Gasteiger charge is 2.11. The number of aromatic amines is 1. The Morgan fingerprint density at radius 2 is 2.00 bits per heavy atom. The molecule has 21 heavy (non-hydrogen) atoms. The van der Waals surface area contributed by atoms with Gasteiger partial charge in [-0.25, -0.2) is 0 Å². The summed E-state index contributed by atoms with van der Waals surface area (Å²) in [6, 6.07) is 13.5. The number of para-hydroxylation sites is 1. The van der Waals surface area contributed by atoms with Crippen molar-refractivity contribution in [1.82, 2.24) is 10.2 Å². The molecule has 3 rings (SSSR count). The molecule has 2 N–H and O–H groups in total. The van der Waals surface area contributed by atoms with Crippen molar-refractivity contribution in [1.29, 1.82) is 0 Å². The molecule has 0 radical (unpaired) electrons. The van der Waals surface area contributed by atoms with Gasteiger partial charge in [-0.05, 0) is 29.7 Å². The van der Waals surface area contributed by atoms with E-state index in [4.69, 9.17) is 0 Å².